The van der Waals surface area contributed by atoms with Crippen LogP contribution in [0.25, 0.3) is 0 Å². The maximum absolute atomic E-state index is 13.0. The second-order valence-electron chi connectivity index (χ2n) is 9.88. The summed E-state index contributed by atoms with van der Waals surface area (Å²) in [5.74, 6) is 2.21. The third-order valence-electron chi connectivity index (χ3n) is 7.50. The maximum atomic E-state index is 13.0. The number of hydrogen-bond acceptors (Lipinski definition) is 2. The summed E-state index contributed by atoms with van der Waals surface area (Å²) in [6.45, 7) is 1.03. The van der Waals surface area contributed by atoms with E-state index >= 15 is 0 Å². The smallest absolute Gasteiger partial charge is 0.249 e. The van der Waals surface area contributed by atoms with Crippen LogP contribution in [0.5, 0.6) is 0 Å². The fourth-order valence-electron chi connectivity index (χ4n) is 6.53. The van der Waals surface area contributed by atoms with Crippen molar-refractivity contribution >= 4 is 11.8 Å². The molecule has 1 aromatic carbocycles. The van der Waals surface area contributed by atoms with Crippen molar-refractivity contribution in [1.29, 1.82) is 0 Å². The van der Waals surface area contributed by atoms with Gasteiger partial charge in [0.25, 0.3) is 0 Å². The van der Waals surface area contributed by atoms with E-state index in [0.717, 1.165) is 42.6 Å². The van der Waals surface area contributed by atoms with Crippen molar-refractivity contribution < 1.29 is 9.59 Å². The summed E-state index contributed by atoms with van der Waals surface area (Å²) in [6, 6.07) is 15.8. The van der Waals surface area contributed by atoms with Gasteiger partial charge in [-0.05, 0) is 74.0 Å². The number of hydrogen-bond donors (Lipinski definition) is 1. The predicted octanol–water partition coefficient (Wildman–Crippen LogP) is 3.69. The number of benzene rings is 1. The van der Waals surface area contributed by atoms with Gasteiger partial charge in [-0.25, -0.2) is 0 Å². The molecule has 4 bridgehead atoms. The monoisotopic (exact) mass is 417 g/mol. The van der Waals surface area contributed by atoms with Gasteiger partial charge in [0.2, 0.25) is 11.8 Å². The van der Waals surface area contributed by atoms with Crippen molar-refractivity contribution in [1.82, 2.24) is 9.88 Å². The first-order chi connectivity index (χ1) is 15.1. The minimum Gasteiger partial charge on any atom is -0.355 e. The molecule has 5 nitrogen and oxygen atoms in total. The van der Waals surface area contributed by atoms with E-state index < -0.39 is 0 Å². The predicted molar refractivity (Wildman–Crippen MR) is 119 cm³/mol. The van der Waals surface area contributed by atoms with Crippen LogP contribution in [0.15, 0.2) is 59.7 Å². The molecule has 1 N–H and O–H groups in total. The van der Waals surface area contributed by atoms with E-state index in [1.165, 1.54) is 19.3 Å². The van der Waals surface area contributed by atoms with Crippen LogP contribution in [0.1, 0.15) is 50.5 Å². The molecule has 4 saturated carbocycles. The molecule has 0 atom stereocenters. The average Bonchev–Trinajstić information content (AvgIpc) is 2.75. The molecule has 31 heavy (non-hydrogen) atoms. The normalized spacial score (nSPS) is 29.2. The van der Waals surface area contributed by atoms with Gasteiger partial charge in [0.15, 0.2) is 0 Å². The molecular formula is C26H31N3O2. The lowest BCUT2D eigenvalue weighted by atomic mass is 9.49. The number of nitrogens with one attached hydrogen (secondary N) is 1. The molecule has 0 unspecified atom stereocenters. The quantitative estimate of drug-likeness (QED) is 0.779. The van der Waals surface area contributed by atoms with E-state index in [2.05, 4.69) is 22.4 Å². The molecule has 2 amide bonds. The van der Waals surface area contributed by atoms with Gasteiger partial charge in [-0.15, -0.1) is 0 Å². The summed E-state index contributed by atoms with van der Waals surface area (Å²) in [4.78, 5) is 29.9. The summed E-state index contributed by atoms with van der Waals surface area (Å²) in [6.07, 6.45) is 9.29. The van der Waals surface area contributed by atoms with E-state index in [-0.39, 0.29) is 23.7 Å². The zero-order valence-corrected chi connectivity index (χ0v) is 18.0. The summed E-state index contributed by atoms with van der Waals surface area (Å²) < 4.78 is 1.97. The molecule has 5 heteroatoms. The van der Waals surface area contributed by atoms with Crippen molar-refractivity contribution in [3.8, 4) is 0 Å². The molecule has 0 spiro atoms. The Kier molecular flexibility index (Phi) is 5.51. The van der Waals surface area contributed by atoms with Crippen molar-refractivity contribution in [2.24, 2.45) is 28.2 Å². The number of nitrogens with zero attached hydrogens (tertiary/aromatic N) is 2. The number of pyridine rings is 1. The average molecular weight is 418 g/mol. The van der Waals surface area contributed by atoms with E-state index in [1.807, 2.05) is 47.2 Å². The highest BCUT2D eigenvalue weighted by atomic mass is 16.2. The lowest BCUT2D eigenvalue weighted by Crippen LogP contribution is -2.53. The van der Waals surface area contributed by atoms with Crippen LogP contribution in [0.2, 0.25) is 0 Å². The van der Waals surface area contributed by atoms with Crippen LogP contribution in [0.4, 0.5) is 0 Å². The van der Waals surface area contributed by atoms with Gasteiger partial charge in [0.1, 0.15) is 5.49 Å². The van der Waals surface area contributed by atoms with Gasteiger partial charge in [-0.1, -0.05) is 36.4 Å². The Hall–Kier alpha value is -2.69. The van der Waals surface area contributed by atoms with E-state index in [1.54, 1.807) is 0 Å². The molecule has 4 aliphatic rings. The highest BCUT2D eigenvalue weighted by Crippen LogP contribution is 2.60. The first kappa shape index (κ1) is 20.2. The van der Waals surface area contributed by atoms with E-state index in [0.29, 0.717) is 18.6 Å². The number of amides is 2. The molecule has 1 heterocycles. The second kappa shape index (κ2) is 8.45. The summed E-state index contributed by atoms with van der Waals surface area (Å²) in [5, 5.41) is 3.08. The second-order valence-corrected chi connectivity index (χ2v) is 9.88. The van der Waals surface area contributed by atoms with Gasteiger partial charge >= 0.3 is 0 Å². The number of carbonyl (C=O) groups excluding carboxylic acids is 2. The molecule has 4 aliphatic carbocycles. The molecular weight excluding hydrogens is 386 g/mol. The van der Waals surface area contributed by atoms with Crippen LogP contribution < -0.4 is 10.8 Å². The minimum atomic E-state index is -0.196. The molecule has 1 aromatic heterocycles. The minimum absolute atomic E-state index is 0.160. The number of carbonyl (C=O) groups is 2. The lowest BCUT2D eigenvalue weighted by Gasteiger charge is -2.55. The summed E-state index contributed by atoms with van der Waals surface area (Å²) >= 11 is 0. The molecule has 4 fully saturated rings. The van der Waals surface area contributed by atoms with Crippen molar-refractivity contribution in [2.45, 2.75) is 51.5 Å². The van der Waals surface area contributed by atoms with Crippen molar-refractivity contribution in [2.75, 3.05) is 6.54 Å². The van der Waals surface area contributed by atoms with Crippen LogP contribution in [0, 0.1) is 23.2 Å². The first-order valence-corrected chi connectivity index (χ1v) is 11.6. The van der Waals surface area contributed by atoms with Crippen LogP contribution in [0.3, 0.4) is 0 Å². The third kappa shape index (κ3) is 4.36. The Labute approximate surface area is 183 Å². The molecule has 0 radical (unpaired) electrons. The standard InChI is InChI=1S/C26H31N3O2/c30-24(28-23-8-4-5-11-29(23)18-19-6-2-1-3-7-19)9-10-27-25(31)26-15-20-12-21(16-26)14-22(13-20)17-26/h1-8,11,20-22H,9-10,12-18H2,(H,27,31). The van der Waals surface area contributed by atoms with Crippen LogP contribution >= 0.6 is 0 Å². The lowest BCUT2D eigenvalue weighted by molar-refractivity contribution is -0.146. The Bertz CT molecular complexity index is 989. The zero-order chi connectivity index (χ0) is 21.3. The molecule has 0 aliphatic heterocycles. The third-order valence-corrected chi connectivity index (χ3v) is 7.50. The van der Waals surface area contributed by atoms with Gasteiger partial charge in [0.05, 0.1) is 0 Å². The highest BCUT2D eigenvalue weighted by molar-refractivity contribution is 5.84. The topological polar surface area (TPSA) is 63.5 Å². The summed E-state index contributed by atoms with van der Waals surface area (Å²) in [7, 11) is 0. The summed E-state index contributed by atoms with van der Waals surface area (Å²) in [5.41, 5.74) is 1.64. The Balaban J connectivity index is 1.19. The van der Waals surface area contributed by atoms with Crippen molar-refractivity contribution in [3.05, 3.63) is 65.8 Å². The highest BCUT2D eigenvalue weighted by Gasteiger charge is 2.54. The molecule has 0 saturated heterocycles. The van der Waals surface area contributed by atoms with E-state index in [9.17, 15) is 9.59 Å². The van der Waals surface area contributed by atoms with E-state index in [4.69, 9.17) is 0 Å². The largest absolute Gasteiger partial charge is 0.355 e. The zero-order valence-electron chi connectivity index (χ0n) is 18.0. The van der Waals surface area contributed by atoms with Crippen LogP contribution in [-0.4, -0.2) is 22.9 Å². The first-order valence-electron chi connectivity index (χ1n) is 11.6. The molecule has 2 aromatic rings. The van der Waals surface area contributed by atoms with Gasteiger partial charge in [0, 0.05) is 31.1 Å². The fraction of sp³-hybridized carbons (Fsp3) is 0.500. The molecule has 162 valence electrons. The Morgan fingerprint density at radius 3 is 2.26 bits per heavy atom. The fourth-order valence-corrected chi connectivity index (χ4v) is 6.53. The van der Waals surface area contributed by atoms with Crippen LogP contribution in [-0.2, 0) is 16.1 Å². The van der Waals surface area contributed by atoms with Crippen molar-refractivity contribution in [3.63, 3.8) is 0 Å². The molecule has 6 rings (SSSR count). The number of aromatic nitrogens is 1. The van der Waals surface area contributed by atoms with Gasteiger partial charge in [-0.3, -0.25) is 9.59 Å². The Morgan fingerprint density at radius 1 is 0.935 bits per heavy atom. The Morgan fingerprint density at radius 2 is 1.58 bits per heavy atom. The van der Waals surface area contributed by atoms with Gasteiger partial charge < -0.3 is 9.88 Å². The maximum Gasteiger partial charge on any atom is 0.249 e. The number of rotatable bonds is 6. The SMILES string of the molecule is O=C(CCNC(=O)C12CC3CC(CC(C3)C1)C2)N=c1ccccn1Cc1ccccc1. The van der Waals surface area contributed by atoms with Gasteiger partial charge in [-0.2, -0.15) is 4.99 Å².